The molecule has 1 aromatic rings. The normalized spacial score (nSPS) is 8.12. The fourth-order valence-electron chi connectivity index (χ4n) is 0.246. The molecule has 0 aliphatic heterocycles. The zero-order valence-corrected chi connectivity index (χ0v) is 7.99. The topological polar surface area (TPSA) is 25.8 Å². The molecule has 0 amide bonds. The molecule has 0 spiro atoms. The second kappa shape index (κ2) is 4.40. The maximum absolute atomic E-state index is 3.65. The van der Waals surface area contributed by atoms with E-state index in [0.29, 0.717) is 0 Å². The van der Waals surface area contributed by atoms with Crippen LogP contribution in [0.5, 0.6) is 0 Å². The lowest BCUT2D eigenvalue weighted by atomic mass is 10.7. The van der Waals surface area contributed by atoms with Crippen LogP contribution in [0.2, 0.25) is 0 Å². The van der Waals surface area contributed by atoms with Crippen LogP contribution in [-0.2, 0) is 5.33 Å². The van der Waals surface area contributed by atoms with Crippen molar-refractivity contribution in [2.45, 2.75) is 5.33 Å². The van der Waals surface area contributed by atoms with Gasteiger partial charge in [-0.15, -0.1) is 22.1 Å². The predicted octanol–water partition coefficient (Wildman–Crippen LogP) is 2.01. The summed E-state index contributed by atoms with van der Waals surface area (Å²) in [6.07, 6.45) is 1.75. The number of alkyl halides is 1. The highest BCUT2D eigenvalue weighted by Gasteiger charge is 1.87. The molecule has 2 nitrogen and oxygen atoms in total. The van der Waals surface area contributed by atoms with Gasteiger partial charge in [0, 0.05) is 5.33 Å². The van der Waals surface area contributed by atoms with Gasteiger partial charge in [0.1, 0.15) is 0 Å². The molecule has 0 aliphatic carbocycles. The smallest absolute Gasteiger partial charge is 0.0661 e. The average molecular weight is 260 g/mol. The molecule has 1 heterocycles. The standard InChI is InChI=1S/C3H3BrN2S.BrH/c4-1-3-2-5-6-7-3;/h2H,1H2;1H. The van der Waals surface area contributed by atoms with Gasteiger partial charge in [0.15, 0.2) is 0 Å². The van der Waals surface area contributed by atoms with E-state index in [2.05, 4.69) is 25.5 Å². The van der Waals surface area contributed by atoms with Crippen LogP contribution in [0.4, 0.5) is 0 Å². The van der Waals surface area contributed by atoms with Gasteiger partial charge in [-0.3, -0.25) is 0 Å². The second-order valence-electron chi connectivity index (χ2n) is 1.02. The second-order valence-corrected chi connectivity index (χ2v) is 2.45. The molecule has 46 valence electrons. The number of hydrogen-bond donors (Lipinski definition) is 0. The maximum atomic E-state index is 3.65. The molecule has 1 rings (SSSR count). The van der Waals surface area contributed by atoms with E-state index in [9.17, 15) is 0 Å². The van der Waals surface area contributed by atoms with E-state index in [-0.39, 0.29) is 17.0 Å². The molecule has 0 atom stereocenters. The summed E-state index contributed by atoms with van der Waals surface area (Å²) in [6, 6.07) is 0. The Morgan fingerprint density at radius 3 is 2.75 bits per heavy atom. The lowest BCUT2D eigenvalue weighted by Crippen LogP contribution is -1.60. The van der Waals surface area contributed by atoms with Crippen molar-refractivity contribution in [1.29, 1.82) is 0 Å². The molecule has 0 aliphatic rings. The summed E-state index contributed by atoms with van der Waals surface area (Å²) in [5.74, 6) is 0. The zero-order valence-electron chi connectivity index (χ0n) is 3.87. The summed E-state index contributed by atoms with van der Waals surface area (Å²) in [7, 11) is 0. The van der Waals surface area contributed by atoms with Gasteiger partial charge in [-0.2, -0.15) is 0 Å². The van der Waals surface area contributed by atoms with Gasteiger partial charge in [0.2, 0.25) is 0 Å². The third kappa shape index (κ3) is 2.19. The first-order chi connectivity index (χ1) is 3.43. The predicted molar refractivity (Wildman–Crippen MR) is 42.9 cm³/mol. The van der Waals surface area contributed by atoms with Gasteiger partial charge in [-0.25, -0.2) is 0 Å². The third-order valence-electron chi connectivity index (χ3n) is 0.539. The number of hydrogen-bond acceptors (Lipinski definition) is 3. The van der Waals surface area contributed by atoms with Crippen LogP contribution in [0.3, 0.4) is 0 Å². The molecular weight excluding hydrogens is 256 g/mol. The molecule has 0 bridgehead atoms. The van der Waals surface area contributed by atoms with Gasteiger partial charge < -0.3 is 0 Å². The van der Waals surface area contributed by atoms with Gasteiger partial charge in [0.05, 0.1) is 11.1 Å². The van der Waals surface area contributed by atoms with Crippen LogP contribution in [0, 0.1) is 0 Å². The monoisotopic (exact) mass is 258 g/mol. The highest BCUT2D eigenvalue weighted by atomic mass is 79.9. The number of halogens is 2. The average Bonchev–Trinajstić information content (AvgIpc) is 2.14. The Hall–Kier alpha value is 0.520. The lowest BCUT2D eigenvalue weighted by molar-refractivity contribution is 1.15. The first-order valence-electron chi connectivity index (χ1n) is 1.75. The van der Waals surface area contributed by atoms with Crippen molar-refractivity contribution >= 4 is 44.4 Å². The largest absolute Gasteiger partial charge is 0.146 e. The van der Waals surface area contributed by atoms with E-state index < -0.39 is 0 Å². The van der Waals surface area contributed by atoms with Gasteiger partial charge in [0.25, 0.3) is 0 Å². The van der Waals surface area contributed by atoms with Crippen molar-refractivity contribution in [1.82, 2.24) is 9.59 Å². The van der Waals surface area contributed by atoms with Crippen LogP contribution < -0.4 is 0 Å². The van der Waals surface area contributed by atoms with Gasteiger partial charge in [-0.05, 0) is 11.5 Å². The Morgan fingerprint density at radius 2 is 2.50 bits per heavy atom. The minimum Gasteiger partial charge on any atom is -0.146 e. The molecule has 0 saturated carbocycles. The Bertz CT molecular complexity index is 130. The molecule has 5 heteroatoms. The highest BCUT2D eigenvalue weighted by molar-refractivity contribution is 9.08. The Morgan fingerprint density at radius 1 is 1.75 bits per heavy atom. The summed E-state index contributed by atoms with van der Waals surface area (Å²) in [4.78, 5) is 1.17. The molecular formula is C3H4Br2N2S. The van der Waals surface area contributed by atoms with Gasteiger partial charge >= 0.3 is 0 Å². The molecule has 0 aromatic carbocycles. The van der Waals surface area contributed by atoms with Crippen LogP contribution >= 0.6 is 44.4 Å². The molecule has 8 heavy (non-hydrogen) atoms. The third-order valence-corrected chi connectivity index (χ3v) is 2.17. The van der Waals surface area contributed by atoms with E-state index in [4.69, 9.17) is 0 Å². The van der Waals surface area contributed by atoms with E-state index >= 15 is 0 Å². The van der Waals surface area contributed by atoms with Crippen molar-refractivity contribution in [3.63, 3.8) is 0 Å². The quantitative estimate of drug-likeness (QED) is 0.722. The maximum Gasteiger partial charge on any atom is 0.0661 e. The van der Waals surface area contributed by atoms with Crippen molar-refractivity contribution in [3.8, 4) is 0 Å². The summed E-state index contributed by atoms with van der Waals surface area (Å²) in [6.45, 7) is 0. The van der Waals surface area contributed by atoms with Gasteiger partial charge in [-0.1, -0.05) is 20.4 Å². The summed E-state index contributed by atoms with van der Waals surface area (Å²) < 4.78 is 3.65. The minimum absolute atomic E-state index is 0. The van der Waals surface area contributed by atoms with Crippen LogP contribution in [0.1, 0.15) is 4.88 Å². The number of nitrogens with zero attached hydrogens (tertiary/aromatic N) is 2. The minimum atomic E-state index is 0. The van der Waals surface area contributed by atoms with E-state index in [0.717, 1.165) is 5.33 Å². The van der Waals surface area contributed by atoms with Crippen LogP contribution in [0.15, 0.2) is 6.20 Å². The first kappa shape index (κ1) is 8.52. The Labute approximate surface area is 70.4 Å². The van der Waals surface area contributed by atoms with Crippen LogP contribution in [-0.4, -0.2) is 9.59 Å². The molecule has 0 fully saturated rings. The Kier molecular flexibility index (Phi) is 4.69. The van der Waals surface area contributed by atoms with E-state index in [1.165, 1.54) is 16.4 Å². The lowest BCUT2D eigenvalue weighted by Gasteiger charge is -1.72. The number of rotatable bonds is 1. The first-order valence-corrected chi connectivity index (χ1v) is 3.65. The summed E-state index contributed by atoms with van der Waals surface area (Å²) >= 11 is 4.68. The summed E-state index contributed by atoms with van der Waals surface area (Å²) in [5, 5.41) is 4.50. The molecule has 0 radical (unpaired) electrons. The van der Waals surface area contributed by atoms with Crippen LogP contribution in [0.25, 0.3) is 0 Å². The van der Waals surface area contributed by atoms with Crippen molar-refractivity contribution < 1.29 is 0 Å². The van der Waals surface area contributed by atoms with Crippen molar-refractivity contribution in [3.05, 3.63) is 11.1 Å². The molecule has 0 saturated heterocycles. The molecule has 0 N–H and O–H groups in total. The fourth-order valence-corrected chi connectivity index (χ4v) is 1.04. The SMILES string of the molecule is Br.BrCc1cnns1. The highest BCUT2D eigenvalue weighted by Crippen LogP contribution is 2.05. The fraction of sp³-hybridized carbons (Fsp3) is 0.333. The van der Waals surface area contributed by atoms with E-state index in [1.807, 2.05) is 0 Å². The molecule has 1 aromatic heterocycles. The Balaban J connectivity index is 0.000000490. The van der Waals surface area contributed by atoms with E-state index in [1.54, 1.807) is 6.20 Å². The van der Waals surface area contributed by atoms with Crippen molar-refractivity contribution in [2.75, 3.05) is 0 Å². The summed E-state index contributed by atoms with van der Waals surface area (Å²) in [5.41, 5.74) is 0. The number of aromatic nitrogens is 2. The molecule has 0 unspecified atom stereocenters. The zero-order chi connectivity index (χ0) is 5.11. The van der Waals surface area contributed by atoms with Crippen molar-refractivity contribution in [2.24, 2.45) is 0 Å².